The molecular formula is C29H33F3N5O2S+. The molecule has 7 nitrogen and oxygen atoms in total. The standard InChI is InChI=1S/C29H32F3N5O2S/c1-17(2)23-14-22(38-3)12-13-25(23)36-28(40)37-26-15-24(26)18-4-6-19(7-5-18)27(33)35-16-34-20-8-10-21(11-9-20)39-29(30,31)32/h4-14,16-17,24,26,28,36-37,40H,15H2,1-3H3,(H2,33,34,35)/p+1. The van der Waals surface area contributed by atoms with Crippen LogP contribution in [0, 0.1) is 5.41 Å². The largest absolute Gasteiger partial charge is 0.573 e. The molecule has 11 heteroatoms. The summed E-state index contributed by atoms with van der Waals surface area (Å²) in [5, 5.41) is 16.8. The van der Waals surface area contributed by atoms with Crippen LogP contribution in [0.3, 0.4) is 0 Å². The van der Waals surface area contributed by atoms with E-state index in [1.54, 1.807) is 12.4 Å². The SMILES string of the molecule is COc1ccc(NC(S)NC2CC2c2ccc(C(=N)N=C[NH2+]c3ccc(OC(F)(F)F)cc3)cc2)c(C(C)C)c1. The summed E-state index contributed by atoms with van der Waals surface area (Å²) in [6.45, 7) is 4.28. The molecule has 3 aromatic rings. The monoisotopic (exact) mass is 572 g/mol. The molecule has 1 aliphatic carbocycles. The van der Waals surface area contributed by atoms with Crippen LogP contribution in [0.4, 0.5) is 24.5 Å². The molecule has 0 aromatic heterocycles. The lowest BCUT2D eigenvalue weighted by atomic mass is 10.0. The minimum atomic E-state index is -4.73. The number of benzene rings is 3. The van der Waals surface area contributed by atoms with Crippen LogP contribution in [0.5, 0.6) is 11.5 Å². The maximum atomic E-state index is 12.3. The molecule has 0 heterocycles. The van der Waals surface area contributed by atoms with Crippen molar-refractivity contribution < 1.29 is 28.0 Å². The lowest BCUT2D eigenvalue weighted by Gasteiger charge is -2.21. The summed E-state index contributed by atoms with van der Waals surface area (Å²) in [5.74, 6) is 1.32. The Morgan fingerprint density at radius 2 is 1.75 bits per heavy atom. The summed E-state index contributed by atoms with van der Waals surface area (Å²) in [6.07, 6.45) is -2.28. The fraction of sp³-hybridized carbons (Fsp3) is 0.310. The van der Waals surface area contributed by atoms with Crippen molar-refractivity contribution in [3.8, 4) is 11.5 Å². The van der Waals surface area contributed by atoms with Crippen LogP contribution in [-0.4, -0.2) is 37.2 Å². The molecule has 3 atom stereocenters. The average molecular weight is 573 g/mol. The third-order valence-corrected chi connectivity index (χ3v) is 6.81. The number of aliphatic imine (C=N–C) groups is 1. The molecule has 0 spiro atoms. The second kappa shape index (κ2) is 12.8. The number of ether oxygens (including phenoxy) is 2. The molecule has 40 heavy (non-hydrogen) atoms. The highest BCUT2D eigenvalue weighted by atomic mass is 32.1. The van der Waals surface area contributed by atoms with Crippen molar-refractivity contribution in [2.45, 2.75) is 50.0 Å². The lowest BCUT2D eigenvalue weighted by molar-refractivity contribution is -0.432. The van der Waals surface area contributed by atoms with Crippen LogP contribution in [0.25, 0.3) is 0 Å². The van der Waals surface area contributed by atoms with Crippen molar-refractivity contribution in [3.05, 3.63) is 83.4 Å². The number of alkyl halides is 3. The van der Waals surface area contributed by atoms with Gasteiger partial charge in [0.1, 0.15) is 22.7 Å². The first-order valence-electron chi connectivity index (χ1n) is 12.8. The topological polar surface area (TPSA) is 95.3 Å². The Bertz CT molecular complexity index is 1330. The number of halogens is 3. The van der Waals surface area contributed by atoms with Gasteiger partial charge in [-0.15, -0.1) is 25.8 Å². The van der Waals surface area contributed by atoms with Crippen LogP contribution in [-0.2, 0) is 0 Å². The van der Waals surface area contributed by atoms with Gasteiger partial charge in [-0.2, -0.15) is 4.99 Å². The Labute approximate surface area is 237 Å². The van der Waals surface area contributed by atoms with Crippen molar-refractivity contribution in [2.75, 3.05) is 12.4 Å². The van der Waals surface area contributed by atoms with Crippen molar-refractivity contribution in [3.63, 3.8) is 0 Å². The van der Waals surface area contributed by atoms with Crippen molar-refractivity contribution in [1.82, 2.24) is 5.32 Å². The molecule has 3 aromatic carbocycles. The number of anilines is 1. The Balaban J connectivity index is 1.25. The fourth-order valence-corrected chi connectivity index (χ4v) is 4.69. The van der Waals surface area contributed by atoms with Gasteiger partial charge in [0.25, 0.3) is 0 Å². The first-order valence-corrected chi connectivity index (χ1v) is 13.3. The van der Waals surface area contributed by atoms with E-state index in [0.717, 1.165) is 17.9 Å². The van der Waals surface area contributed by atoms with Gasteiger partial charge >= 0.3 is 6.36 Å². The number of amidine groups is 1. The summed E-state index contributed by atoms with van der Waals surface area (Å²) in [6, 6.07) is 19.5. The zero-order valence-corrected chi connectivity index (χ0v) is 23.3. The highest BCUT2D eigenvalue weighted by molar-refractivity contribution is 7.81. The first-order chi connectivity index (χ1) is 19.0. The molecule has 5 N–H and O–H groups in total. The number of nitrogens with zero attached hydrogens (tertiary/aromatic N) is 1. The van der Waals surface area contributed by atoms with Gasteiger partial charge in [0.05, 0.1) is 7.11 Å². The smallest absolute Gasteiger partial charge is 0.497 e. The molecule has 0 aliphatic heterocycles. The van der Waals surface area contributed by atoms with Gasteiger partial charge in [0, 0.05) is 35.3 Å². The molecule has 1 saturated carbocycles. The number of hydrogen-bond acceptors (Lipinski definition) is 6. The zero-order valence-electron chi connectivity index (χ0n) is 22.4. The maximum Gasteiger partial charge on any atom is 0.573 e. The molecular weight excluding hydrogens is 539 g/mol. The summed E-state index contributed by atoms with van der Waals surface area (Å²) in [7, 11) is 1.66. The third kappa shape index (κ3) is 8.23. The van der Waals surface area contributed by atoms with Crippen LogP contribution < -0.4 is 25.4 Å². The summed E-state index contributed by atoms with van der Waals surface area (Å²) >= 11 is 4.71. The summed E-state index contributed by atoms with van der Waals surface area (Å²) in [5.41, 5.74) is 4.46. The minimum absolute atomic E-state index is 0.0883. The third-order valence-electron chi connectivity index (χ3n) is 6.53. The number of quaternary nitrogens is 1. The second-order valence-corrected chi connectivity index (χ2v) is 10.3. The molecule has 4 rings (SSSR count). The van der Waals surface area contributed by atoms with Crippen LogP contribution in [0.15, 0.2) is 71.7 Å². The molecule has 0 saturated heterocycles. The van der Waals surface area contributed by atoms with Crippen molar-refractivity contribution >= 4 is 36.2 Å². The van der Waals surface area contributed by atoms with E-state index >= 15 is 0 Å². The lowest BCUT2D eigenvalue weighted by Crippen LogP contribution is -2.76. The Morgan fingerprint density at radius 1 is 1.07 bits per heavy atom. The number of methoxy groups -OCH3 is 1. The van der Waals surface area contributed by atoms with Gasteiger partial charge in [-0.05, 0) is 53.8 Å². The van der Waals surface area contributed by atoms with E-state index in [-0.39, 0.29) is 17.1 Å². The number of nitrogens with one attached hydrogen (secondary N) is 3. The Morgan fingerprint density at radius 3 is 2.38 bits per heavy atom. The summed E-state index contributed by atoms with van der Waals surface area (Å²) < 4.78 is 46.1. The Kier molecular flexibility index (Phi) is 9.39. The van der Waals surface area contributed by atoms with Gasteiger partial charge in [-0.1, -0.05) is 38.1 Å². The molecule has 1 aliphatic rings. The van der Waals surface area contributed by atoms with Crippen molar-refractivity contribution in [2.24, 2.45) is 4.99 Å². The molecule has 0 radical (unpaired) electrons. The van der Waals surface area contributed by atoms with E-state index in [1.165, 1.54) is 41.7 Å². The van der Waals surface area contributed by atoms with Gasteiger partial charge in [0.2, 0.25) is 0 Å². The van der Waals surface area contributed by atoms with E-state index in [2.05, 4.69) is 34.2 Å². The van der Waals surface area contributed by atoms with Crippen LogP contribution in [0.2, 0.25) is 0 Å². The van der Waals surface area contributed by atoms with E-state index in [0.29, 0.717) is 29.1 Å². The minimum Gasteiger partial charge on any atom is -0.497 e. The second-order valence-electron chi connectivity index (χ2n) is 9.80. The normalized spacial score (nSPS) is 17.6. The fourth-order valence-electron chi connectivity index (χ4n) is 4.36. The number of hydrogen-bond donors (Lipinski definition) is 5. The Hall–Kier alpha value is -3.54. The molecule has 3 unspecified atom stereocenters. The van der Waals surface area contributed by atoms with Gasteiger partial charge in [0.15, 0.2) is 12.2 Å². The van der Waals surface area contributed by atoms with Crippen LogP contribution >= 0.6 is 12.6 Å². The number of thiol groups is 1. The highest BCUT2D eigenvalue weighted by Gasteiger charge is 2.39. The molecule has 1 fully saturated rings. The summed E-state index contributed by atoms with van der Waals surface area (Å²) in [4.78, 5) is 4.14. The van der Waals surface area contributed by atoms with E-state index in [9.17, 15) is 13.2 Å². The predicted molar refractivity (Wildman–Crippen MR) is 154 cm³/mol. The van der Waals surface area contributed by atoms with Crippen LogP contribution in [0.1, 0.15) is 48.8 Å². The molecule has 0 amide bonds. The predicted octanol–water partition coefficient (Wildman–Crippen LogP) is 5.74. The van der Waals surface area contributed by atoms with Gasteiger partial charge in [-0.3, -0.25) is 16.0 Å². The molecule has 0 bridgehead atoms. The van der Waals surface area contributed by atoms with E-state index < -0.39 is 6.36 Å². The molecule has 212 valence electrons. The quantitative estimate of drug-likeness (QED) is 0.0666. The highest BCUT2D eigenvalue weighted by Crippen LogP contribution is 2.41. The van der Waals surface area contributed by atoms with Crippen molar-refractivity contribution in [1.29, 1.82) is 5.41 Å². The van der Waals surface area contributed by atoms with E-state index in [4.69, 9.17) is 22.8 Å². The number of nitrogens with two attached hydrogens (primary N) is 1. The maximum absolute atomic E-state index is 12.3. The first kappa shape index (κ1) is 29.4. The van der Waals surface area contributed by atoms with Gasteiger partial charge < -0.3 is 14.8 Å². The van der Waals surface area contributed by atoms with E-state index in [1.807, 2.05) is 42.5 Å². The van der Waals surface area contributed by atoms with Gasteiger partial charge in [-0.25, -0.2) is 0 Å². The number of rotatable bonds is 11. The zero-order chi connectivity index (χ0) is 28.9. The average Bonchev–Trinajstić information content (AvgIpc) is 3.67.